The highest BCUT2D eigenvalue weighted by molar-refractivity contribution is 6.00. The number of rotatable bonds is 4. The SMILES string of the molecule is CCC1(O)CN(c2nnc(-c3ccc(OC)cc3)c3ccccc23)C1. The standard InChI is InChI=1S/C20H21N3O2/c1-3-20(24)12-23(13-20)19-17-7-5-4-6-16(17)18(21-22-19)14-8-10-15(25-2)11-9-14/h4-11,24H,3,12-13H2,1-2H3. The number of hydrogen-bond donors (Lipinski definition) is 1. The van der Waals surface area contributed by atoms with E-state index in [4.69, 9.17) is 4.74 Å². The average molecular weight is 335 g/mol. The van der Waals surface area contributed by atoms with Gasteiger partial charge in [-0.25, -0.2) is 0 Å². The zero-order valence-corrected chi connectivity index (χ0v) is 14.4. The Bertz CT molecular complexity index is 902. The first-order valence-corrected chi connectivity index (χ1v) is 8.51. The Morgan fingerprint density at radius 2 is 1.72 bits per heavy atom. The van der Waals surface area contributed by atoms with Crippen LogP contribution >= 0.6 is 0 Å². The van der Waals surface area contributed by atoms with Crippen LogP contribution in [0.4, 0.5) is 5.82 Å². The Morgan fingerprint density at radius 3 is 2.36 bits per heavy atom. The Kier molecular flexibility index (Phi) is 3.81. The van der Waals surface area contributed by atoms with Gasteiger partial charge in [0, 0.05) is 16.3 Å². The molecule has 25 heavy (non-hydrogen) atoms. The molecule has 0 unspecified atom stereocenters. The minimum Gasteiger partial charge on any atom is -0.497 e. The zero-order chi connectivity index (χ0) is 17.4. The van der Waals surface area contributed by atoms with Crippen molar-refractivity contribution in [3.8, 4) is 17.0 Å². The lowest BCUT2D eigenvalue weighted by Crippen LogP contribution is -2.62. The first-order valence-electron chi connectivity index (χ1n) is 8.51. The quantitative estimate of drug-likeness (QED) is 0.793. The van der Waals surface area contributed by atoms with Crippen LogP contribution in [0.5, 0.6) is 5.75 Å². The Balaban J connectivity index is 1.77. The fourth-order valence-corrected chi connectivity index (χ4v) is 3.32. The molecule has 1 saturated heterocycles. The van der Waals surface area contributed by atoms with E-state index < -0.39 is 5.60 Å². The molecule has 0 bridgehead atoms. The first kappa shape index (κ1) is 15.8. The number of aliphatic hydroxyl groups is 1. The molecule has 1 N–H and O–H groups in total. The van der Waals surface area contributed by atoms with E-state index in [0.717, 1.165) is 40.0 Å². The van der Waals surface area contributed by atoms with Crippen molar-refractivity contribution < 1.29 is 9.84 Å². The molecule has 0 spiro atoms. The molecule has 1 aliphatic rings. The summed E-state index contributed by atoms with van der Waals surface area (Å²) in [4.78, 5) is 2.09. The van der Waals surface area contributed by atoms with Gasteiger partial charge in [-0.15, -0.1) is 10.2 Å². The van der Waals surface area contributed by atoms with Crippen LogP contribution in [-0.4, -0.2) is 41.1 Å². The van der Waals surface area contributed by atoms with E-state index in [1.807, 2.05) is 43.3 Å². The van der Waals surface area contributed by atoms with Crippen molar-refractivity contribution in [1.29, 1.82) is 0 Å². The highest BCUT2D eigenvalue weighted by atomic mass is 16.5. The van der Waals surface area contributed by atoms with E-state index >= 15 is 0 Å². The molecule has 1 aromatic heterocycles. The van der Waals surface area contributed by atoms with Crippen LogP contribution in [0.15, 0.2) is 48.5 Å². The highest BCUT2D eigenvalue weighted by Crippen LogP contribution is 2.36. The summed E-state index contributed by atoms with van der Waals surface area (Å²) in [6, 6.07) is 16.0. The van der Waals surface area contributed by atoms with Gasteiger partial charge in [-0.05, 0) is 30.7 Å². The molecule has 2 heterocycles. The summed E-state index contributed by atoms with van der Waals surface area (Å²) in [6.45, 7) is 3.21. The second-order valence-corrected chi connectivity index (χ2v) is 6.58. The molecule has 0 saturated carbocycles. The molecular weight excluding hydrogens is 314 g/mol. The fraction of sp³-hybridized carbons (Fsp3) is 0.300. The number of fused-ring (bicyclic) bond motifs is 1. The Hall–Kier alpha value is -2.66. The zero-order valence-electron chi connectivity index (χ0n) is 14.4. The third-order valence-corrected chi connectivity index (χ3v) is 4.96. The van der Waals surface area contributed by atoms with E-state index in [2.05, 4.69) is 27.2 Å². The number of benzene rings is 2. The highest BCUT2D eigenvalue weighted by Gasteiger charge is 2.40. The molecular formula is C20H21N3O2. The summed E-state index contributed by atoms with van der Waals surface area (Å²) in [7, 11) is 1.66. The molecule has 4 rings (SSSR count). The van der Waals surface area contributed by atoms with E-state index in [1.54, 1.807) is 7.11 Å². The van der Waals surface area contributed by atoms with Gasteiger partial charge in [0.05, 0.1) is 25.8 Å². The maximum Gasteiger partial charge on any atom is 0.159 e. The summed E-state index contributed by atoms with van der Waals surface area (Å²) in [6.07, 6.45) is 0.749. The van der Waals surface area contributed by atoms with Gasteiger partial charge in [0.15, 0.2) is 5.82 Å². The third-order valence-electron chi connectivity index (χ3n) is 4.96. The van der Waals surface area contributed by atoms with Crippen LogP contribution in [0.25, 0.3) is 22.0 Å². The van der Waals surface area contributed by atoms with Crippen LogP contribution in [0.3, 0.4) is 0 Å². The van der Waals surface area contributed by atoms with Crippen molar-refractivity contribution >= 4 is 16.6 Å². The number of β-amino-alcohol motifs (C(OH)–C–C–N with tert-alkyl or cyclic N) is 1. The van der Waals surface area contributed by atoms with Gasteiger partial charge >= 0.3 is 0 Å². The van der Waals surface area contributed by atoms with Crippen molar-refractivity contribution in [1.82, 2.24) is 10.2 Å². The lowest BCUT2D eigenvalue weighted by Gasteiger charge is -2.46. The van der Waals surface area contributed by atoms with Crippen molar-refractivity contribution in [2.45, 2.75) is 18.9 Å². The summed E-state index contributed by atoms with van der Waals surface area (Å²) >= 11 is 0. The van der Waals surface area contributed by atoms with Crippen molar-refractivity contribution in [3.63, 3.8) is 0 Å². The van der Waals surface area contributed by atoms with E-state index in [0.29, 0.717) is 13.1 Å². The lowest BCUT2D eigenvalue weighted by atomic mass is 9.91. The number of anilines is 1. The lowest BCUT2D eigenvalue weighted by molar-refractivity contribution is 0.00816. The van der Waals surface area contributed by atoms with E-state index in [-0.39, 0.29) is 0 Å². The Labute approximate surface area is 146 Å². The molecule has 0 aliphatic carbocycles. The molecule has 0 atom stereocenters. The van der Waals surface area contributed by atoms with Crippen LogP contribution in [-0.2, 0) is 0 Å². The smallest absolute Gasteiger partial charge is 0.159 e. The second-order valence-electron chi connectivity index (χ2n) is 6.58. The number of methoxy groups -OCH3 is 1. The molecule has 0 radical (unpaired) electrons. The molecule has 2 aromatic carbocycles. The summed E-state index contributed by atoms with van der Waals surface area (Å²) < 4.78 is 5.23. The molecule has 0 amide bonds. The fourth-order valence-electron chi connectivity index (χ4n) is 3.32. The number of nitrogens with zero attached hydrogens (tertiary/aromatic N) is 3. The number of aromatic nitrogens is 2. The summed E-state index contributed by atoms with van der Waals surface area (Å²) in [5.41, 5.74) is 1.26. The van der Waals surface area contributed by atoms with Crippen LogP contribution in [0.2, 0.25) is 0 Å². The average Bonchev–Trinajstić information content (AvgIpc) is 2.65. The minimum atomic E-state index is -0.600. The van der Waals surface area contributed by atoms with Gasteiger partial charge in [0.1, 0.15) is 11.4 Å². The third kappa shape index (κ3) is 2.70. The molecule has 1 fully saturated rings. The summed E-state index contributed by atoms with van der Waals surface area (Å²) in [5, 5.41) is 21.4. The summed E-state index contributed by atoms with van der Waals surface area (Å²) in [5.74, 6) is 1.66. The predicted octanol–water partition coefficient (Wildman–Crippen LogP) is 3.27. The van der Waals surface area contributed by atoms with Gasteiger partial charge in [-0.2, -0.15) is 0 Å². The van der Waals surface area contributed by atoms with Crippen LogP contribution < -0.4 is 9.64 Å². The molecule has 1 aliphatic heterocycles. The first-order chi connectivity index (χ1) is 12.1. The number of hydrogen-bond acceptors (Lipinski definition) is 5. The second kappa shape index (κ2) is 6.01. The monoisotopic (exact) mass is 335 g/mol. The molecule has 128 valence electrons. The maximum atomic E-state index is 10.3. The van der Waals surface area contributed by atoms with Crippen molar-refractivity contribution in [3.05, 3.63) is 48.5 Å². The van der Waals surface area contributed by atoms with Gasteiger partial charge in [-0.3, -0.25) is 0 Å². The Morgan fingerprint density at radius 1 is 1.04 bits per heavy atom. The minimum absolute atomic E-state index is 0.600. The van der Waals surface area contributed by atoms with Gasteiger partial charge < -0.3 is 14.7 Å². The molecule has 5 nitrogen and oxygen atoms in total. The van der Waals surface area contributed by atoms with Crippen molar-refractivity contribution in [2.75, 3.05) is 25.1 Å². The maximum absolute atomic E-state index is 10.3. The van der Waals surface area contributed by atoms with Gasteiger partial charge in [0.25, 0.3) is 0 Å². The van der Waals surface area contributed by atoms with Crippen LogP contribution in [0, 0.1) is 0 Å². The van der Waals surface area contributed by atoms with E-state index in [1.165, 1.54) is 0 Å². The van der Waals surface area contributed by atoms with Gasteiger partial charge in [0.2, 0.25) is 0 Å². The largest absolute Gasteiger partial charge is 0.497 e. The topological polar surface area (TPSA) is 58.5 Å². The normalized spacial score (nSPS) is 15.9. The van der Waals surface area contributed by atoms with Crippen LogP contribution in [0.1, 0.15) is 13.3 Å². The molecule has 5 heteroatoms. The number of ether oxygens (including phenoxy) is 1. The van der Waals surface area contributed by atoms with Gasteiger partial charge in [-0.1, -0.05) is 31.2 Å². The molecule has 3 aromatic rings. The predicted molar refractivity (Wildman–Crippen MR) is 99.0 cm³/mol. The van der Waals surface area contributed by atoms with Crippen molar-refractivity contribution in [2.24, 2.45) is 0 Å². The van der Waals surface area contributed by atoms with E-state index in [9.17, 15) is 5.11 Å².